The minimum absolute atomic E-state index is 0.0110. The first-order chi connectivity index (χ1) is 8.67. The van der Waals surface area contributed by atoms with Crippen molar-refractivity contribution in [2.75, 3.05) is 11.5 Å². The van der Waals surface area contributed by atoms with E-state index in [2.05, 4.69) is 10.3 Å². The fraction of sp³-hybridized carbons (Fsp3) is 0.636. The fourth-order valence-corrected chi connectivity index (χ4v) is 4.17. The van der Waals surface area contributed by atoms with Gasteiger partial charge in [0.2, 0.25) is 5.91 Å². The van der Waals surface area contributed by atoms with Crippen LogP contribution < -0.4 is 5.32 Å². The molecular weight excluding hydrogens is 292 g/mol. The van der Waals surface area contributed by atoms with Gasteiger partial charge in [0.25, 0.3) is 0 Å². The number of nitrogens with one attached hydrogen (secondary N) is 1. The van der Waals surface area contributed by atoms with Gasteiger partial charge in [-0.3, -0.25) is 9.00 Å². The van der Waals surface area contributed by atoms with Gasteiger partial charge in [-0.25, -0.2) is 4.98 Å². The summed E-state index contributed by atoms with van der Waals surface area (Å²) in [5, 5.41) is 5.64. The van der Waals surface area contributed by atoms with Crippen molar-refractivity contribution in [2.45, 2.75) is 31.2 Å². The summed E-state index contributed by atoms with van der Waals surface area (Å²) in [5.74, 6) is 1.76. The highest BCUT2D eigenvalue weighted by atomic mass is 35.5. The lowest BCUT2D eigenvalue weighted by Gasteiger charge is -2.22. The second-order valence-electron chi connectivity index (χ2n) is 4.23. The molecule has 2 heterocycles. The van der Waals surface area contributed by atoms with Crippen LogP contribution in [0.3, 0.4) is 0 Å². The van der Waals surface area contributed by atoms with Crippen molar-refractivity contribution < 1.29 is 9.00 Å². The summed E-state index contributed by atoms with van der Waals surface area (Å²) in [6.45, 7) is 0. The van der Waals surface area contributed by atoms with Crippen LogP contribution in [0.25, 0.3) is 0 Å². The monoisotopic (exact) mass is 306 g/mol. The molecule has 1 N–H and O–H groups in total. The smallest absolute Gasteiger partial charge is 0.227 e. The molecule has 2 rings (SSSR count). The summed E-state index contributed by atoms with van der Waals surface area (Å²) in [6, 6.07) is 0.169. The number of rotatable bonds is 4. The van der Waals surface area contributed by atoms with Crippen molar-refractivity contribution >= 4 is 39.6 Å². The van der Waals surface area contributed by atoms with Gasteiger partial charge < -0.3 is 5.32 Å². The molecule has 1 amide bonds. The average molecular weight is 307 g/mol. The van der Waals surface area contributed by atoms with Gasteiger partial charge in [0.1, 0.15) is 5.01 Å². The Labute approximate surface area is 118 Å². The summed E-state index contributed by atoms with van der Waals surface area (Å²) >= 11 is 7.12. The van der Waals surface area contributed by atoms with Crippen LogP contribution >= 0.6 is 22.9 Å². The molecule has 1 saturated heterocycles. The molecule has 1 fully saturated rings. The normalized spacial score (nSPS) is 23.8. The highest BCUT2D eigenvalue weighted by Crippen LogP contribution is 2.13. The first-order valence-electron chi connectivity index (χ1n) is 5.81. The van der Waals surface area contributed by atoms with Gasteiger partial charge in [-0.1, -0.05) is 0 Å². The number of amides is 1. The van der Waals surface area contributed by atoms with Gasteiger partial charge in [0.05, 0.1) is 18.0 Å². The maximum absolute atomic E-state index is 11.8. The summed E-state index contributed by atoms with van der Waals surface area (Å²) in [7, 11) is -0.688. The Hall–Kier alpha value is -0.460. The van der Waals surface area contributed by atoms with Gasteiger partial charge in [0, 0.05) is 33.7 Å². The van der Waals surface area contributed by atoms with E-state index in [9.17, 15) is 9.00 Å². The largest absolute Gasteiger partial charge is 0.353 e. The quantitative estimate of drug-likeness (QED) is 0.857. The maximum Gasteiger partial charge on any atom is 0.227 e. The number of aromatic nitrogens is 1. The number of carbonyl (C=O) groups excluding carboxylic acids is 1. The molecule has 0 spiro atoms. The van der Waals surface area contributed by atoms with E-state index in [-0.39, 0.29) is 11.9 Å². The summed E-state index contributed by atoms with van der Waals surface area (Å²) in [4.78, 5) is 16.1. The summed E-state index contributed by atoms with van der Waals surface area (Å²) in [6.07, 6.45) is 1.92. The summed E-state index contributed by atoms with van der Waals surface area (Å²) in [5.41, 5.74) is 0.817. The van der Waals surface area contributed by atoms with Crippen LogP contribution in [0.4, 0.5) is 0 Å². The predicted molar refractivity (Wildman–Crippen MR) is 74.4 cm³/mol. The van der Waals surface area contributed by atoms with E-state index in [1.54, 1.807) is 0 Å². The van der Waals surface area contributed by atoms with Crippen LogP contribution in [-0.4, -0.2) is 32.6 Å². The van der Waals surface area contributed by atoms with Gasteiger partial charge in [-0.2, -0.15) is 0 Å². The molecule has 18 heavy (non-hydrogen) atoms. The van der Waals surface area contributed by atoms with E-state index < -0.39 is 10.8 Å². The molecule has 0 saturated carbocycles. The van der Waals surface area contributed by atoms with Crippen molar-refractivity contribution in [1.29, 1.82) is 0 Å². The first kappa shape index (κ1) is 14.0. The molecule has 0 radical (unpaired) electrons. The average Bonchev–Trinajstić information content (AvgIpc) is 2.79. The molecule has 7 heteroatoms. The number of thiazole rings is 1. The van der Waals surface area contributed by atoms with Crippen LogP contribution in [0, 0.1) is 0 Å². The molecule has 1 aliphatic heterocycles. The second-order valence-corrected chi connectivity index (χ2v) is 7.14. The highest BCUT2D eigenvalue weighted by Gasteiger charge is 2.19. The number of alkyl halides is 1. The molecule has 1 aromatic rings. The molecule has 0 unspecified atom stereocenters. The minimum atomic E-state index is -0.688. The van der Waals surface area contributed by atoms with Crippen LogP contribution in [0.5, 0.6) is 0 Å². The van der Waals surface area contributed by atoms with E-state index >= 15 is 0 Å². The van der Waals surface area contributed by atoms with Crippen LogP contribution in [0.1, 0.15) is 23.5 Å². The zero-order chi connectivity index (χ0) is 13.0. The molecule has 0 aromatic carbocycles. The standard InChI is InChI=1S/C11H15ClN2O2S2/c12-6-9-7-17-11(14-9)5-10(15)13-8-1-3-18(16)4-2-8/h7-8H,1-6H2,(H,13,15). The lowest BCUT2D eigenvalue weighted by atomic mass is 10.1. The molecule has 0 aliphatic carbocycles. The van der Waals surface area contributed by atoms with E-state index in [4.69, 9.17) is 11.6 Å². The number of hydrogen-bond donors (Lipinski definition) is 1. The second kappa shape index (κ2) is 6.63. The predicted octanol–water partition coefficient (Wildman–Crippen LogP) is 1.45. The third-order valence-corrected chi connectivity index (χ3v) is 5.35. The third-order valence-electron chi connectivity index (χ3n) is 2.80. The molecule has 4 nitrogen and oxygen atoms in total. The zero-order valence-electron chi connectivity index (χ0n) is 9.86. The molecule has 0 bridgehead atoms. The SMILES string of the molecule is O=C(Cc1nc(CCl)cs1)NC1CCS(=O)CC1. The zero-order valence-corrected chi connectivity index (χ0v) is 12.2. The van der Waals surface area contributed by atoms with Crippen molar-refractivity contribution in [3.63, 3.8) is 0 Å². The van der Waals surface area contributed by atoms with Crippen LogP contribution in [0.2, 0.25) is 0 Å². The molecule has 0 atom stereocenters. The topological polar surface area (TPSA) is 59.1 Å². The van der Waals surface area contributed by atoms with Gasteiger partial charge >= 0.3 is 0 Å². The van der Waals surface area contributed by atoms with Gasteiger partial charge in [-0.15, -0.1) is 22.9 Å². The van der Waals surface area contributed by atoms with E-state index in [1.807, 2.05) is 5.38 Å². The minimum Gasteiger partial charge on any atom is -0.353 e. The Morgan fingerprint density at radius 1 is 1.56 bits per heavy atom. The lowest BCUT2D eigenvalue weighted by molar-refractivity contribution is -0.121. The van der Waals surface area contributed by atoms with Crippen molar-refractivity contribution in [1.82, 2.24) is 10.3 Å². The Morgan fingerprint density at radius 3 is 2.89 bits per heavy atom. The third kappa shape index (κ3) is 4.03. The Morgan fingerprint density at radius 2 is 2.28 bits per heavy atom. The van der Waals surface area contributed by atoms with Crippen LogP contribution in [-0.2, 0) is 27.9 Å². The summed E-state index contributed by atoms with van der Waals surface area (Å²) < 4.78 is 11.2. The number of carbonyl (C=O) groups is 1. The maximum atomic E-state index is 11.8. The van der Waals surface area contributed by atoms with Crippen molar-refractivity contribution in [2.24, 2.45) is 0 Å². The van der Waals surface area contributed by atoms with E-state index in [0.29, 0.717) is 23.8 Å². The Balaban J connectivity index is 1.79. The molecule has 1 aliphatic rings. The number of hydrogen-bond acceptors (Lipinski definition) is 4. The van der Waals surface area contributed by atoms with E-state index in [1.165, 1.54) is 11.3 Å². The molecule has 100 valence electrons. The lowest BCUT2D eigenvalue weighted by Crippen LogP contribution is -2.40. The van der Waals surface area contributed by atoms with E-state index in [0.717, 1.165) is 23.5 Å². The molecular formula is C11H15ClN2O2S2. The van der Waals surface area contributed by atoms with Crippen molar-refractivity contribution in [3.05, 3.63) is 16.1 Å². The highest BCUT2D eigenvalue weighted by molar-refractivity contribution is 7.85. The molecule has 1 aromatic heterocycles. The number of halogens is 1. The van der Waals surface area contributed by atoms with Gasteiger partial charge in [-0.05, 0) is 12.8 Å². The fourth-order valence-electron chi connectivity index (χ4n) is 1.85. The first-order valence-corrected chi connectivity index (χ1v) is 8.71. The van der Waals surface area contributed by atoms with Gasteiger partial charge in [0.15, 0.2) is 0 Å². The Bertz CT molecular complexity index is 440. The number of nitrogens with zero attached hydrogens (tertiary/aromatic N) is 1. The van der Waals surface area contributed by atoms with Crippen molar-refractivity contribution in [3.8, 4) is 0 Å². The Kier molecular flexibility index (Phi) is 5.14. The van der Waals surface area contributed by atoms with Crippen LogP contribution in [0.15, 0.2) is 5.38 Å².